The number of allylic oxidation sites excluding steroid dienone is 1. The zero-order chi connectivity index (χ0) is 21.4. The maximum atomic E-state index is 4.02. The molecule has 0 heterocycles. The second-order valence-electron chi connectivity index (χ2n) is 8.54. The van der Waals surface area contributed by atoms with E-state index in [1.807, 2.05) is 6.08 Å². The first-order chi connectivity index (χ1) is 15.1. The molecule has 0 saturated carbocycles. The van der Waals surface area contributed by atoms with Crippen LogP contribution in [0.25, 0.3) is 22.9 Å². The monoisotopic (exact) mass is 401 g/mol. The molecular formula is C30H27N. The smallest absolute Gasteiger partial charge is 0.0468 e. The second-order valence-corrected chi connectivity index (χ2v) is 8.54. The Kier molecular flexibility index (Phi) is 4.95. The van der Waals surface area contributed by atoms with Gasteiger partial charge in [-0.05, 0) is 88.7 Å². The van der Waals surface area contributed by atoms with Crippen molar-refractivity contribution in [3.63, 3.8) is 0 Å². The lowest BCUT2D eigenvalue weighted by Gasteiger charge is -2.28. The fourth-order valence-electron chi connectivity index (χ4n) is 4.50. The molecule has 1 nitrogen and oxygen atoms in total. The summed E-state index contributed by atoms with van der Waals surface area (Å²) in [4.78, 5) is 2.36. The van der Waals surface area contributed by atoms with E-state index in [9.17, 15) is 0 Å². The fourth-order valence-corrected chi connectivity index (χ4v) is 4.50. The lowest BCUT2D eigenvalue weighted by Crippen LogP contribution is -2.12. The van der Waals surface area contributed by atoms with Gasteiger partial charge in [-0.15, -0.1) is 0 Å². The van der Waals surface area contributed by atoms with Crippen LogP contribution in [0.2, 0.25) is 0 Å². The molecule has 0 amide bonds. The van der Waals surface area contributed by atoms with Crippen molar-refractivity contribution in [1.29, 1.82) is 0 Å². The summed E-state index contributed by atoms with van der Waals surface area (Å²) in [5, 5.41) is 2.50. The van der Waals surface area contributed by atoms with Gasteiger partial charge in [-0.3, -0.25) is 0 Å². The van der Waals surface area contributed by atoms with Gasteiger partial charge in [-0.1, -0.05) is 74.2 Å². The van der Waals surface area contributed by atoms with Crippen LogP contribution in [0.3, 0.4) is 0 Å². The molecule has 0 N–H and O–H groups in total. The Morgan fingerprint density at radius 1 is 0.839 bits per heavy atom. The predicted octanol–water partition coefficient (Wildman–Crippen LogP) is 8.47. The number of nitrogens with zero attached hydrogens (tertiary/aromatic N) is 1. The molecule has 0 spiro atoms. The molecule has 1 unspecified atom stereocenters. The van der Waals surface area contributed by atoms with Crippen molar-refractivity contribution in [2.45, 2.75) is 20.3 Å². The van der Waals surface area contributed by atoms with Crippen molar-refractivity contribution in [3.05, 3.63) is 114 Å². The molecule has 0 fully saturated rings. The van der Waals surface area contributed by atoms with Crippen molar-refractivity contribution >= 4 is 40.0 Å². The first-order valence-electron chi connectivity index (χ1n) is 11.0. The number of rotatable bonds is 4. The van der Waals surface area contributed by atoms with Gasteiger partial charge >= 0.3 is 0 Å². The van der Waals surface area contributed by atoms with E-state index in [-0.39, 0.29) is 0 Å². The maximum absolute atomic E-state index is 4.02. The molecule has 152 valence electrons. The van der Waals surface area contributed by atoms with Crippen LogP contribution in [0.1, 0.15) is 29.2 Å². The minimum atomic E-state index is 0.573. The van der Waals surface area contributed by atoms with Crippen molar-refractivity contribution in [2.75, 3.05) is 4.90 Å². The topological polar surface area (TPSA) is 3.24 Å². The third-order valence-electron chi connectivity index (χ3n) is 6.26. The van der Waals surface area contributed by atoms with Crippen LogP contribution in [0, 0.1) is 12.8 Å². The van der Waals surface area contributed by atoms with Gasteiger partial charge < -0.3 is 4.90 Å². The lowest BCUT2D eigenvalue weighted by molar-refractivity contribution is 0.717. The standard InChI is InChI=1S/C30H27N/c1-4-23-18-28(14-10-22(23)3)31(29-15-12-24-7-5-6-8-26(24)19-29)30-16-13-25-11-9-21(2)17-27(25)20-30/h4-16,18-21H,1,17H2,2-3H3. The zero-order valence-corrected chi connectivity index (χ0v) is 18.2. The van der Waals surface area contributed by atoms with Crippen LogP contribution in [0.4, 0.5) is 17.1 Å². The Labute approximate surface area is 185 Å². The summed E-state index contributed by atoms with van der Waals surface area (Å²) in [7, 11) is 0. The highest BCUT2D eigenvalue weighted by molar-refractivity contribution is 5.89. The fraction of sp³-hybridized carbons (Fsp3) is 0.133. The molecule has 1 atom stereocenters. The van der Waals surface area contributed by atoms with E-state index in [1.54, 1.807) is 0 Å². The summed E-state index contributed by atoms with van der Waals surface area (Å²) >= 11 is 0. The van der Waals surface area contributed by atoms with Gasteiger partial charge in [0, 0.05) is 17.1 Å². The summed E-state index contributed by atoms with van der Waals surface area (Å²) in [6.45, 7) is 8.43. The minimum Gasteiger partial charge on any atom is -0.310 e. The van der Waals surface area contributed by atoms with Crippen molar-refractivity contribution in [1.82, 2.24) is 0 Å². The molecule has 5 rings (SSSR count). The normalized spacial score (nSPS) is 15.0. The number of hydrogen-bond acceptors (Lipinski definition) is 1. The lowest BCUT2D eigenvalue weighted by atomic mass is 9.90. The Balaban J connectivity index is 1.70. The van der Waals surface area contributed by atoms with Gasteiger partial charge in [0.15, 0.2) is 0 Å². The van der Waals surface area contributed by atoms with E-state index in [0.717, 1.165) is 23.4 Å². The van der Waals surface area contributed by atoms with E-state index in [1.165, 1.54) is 33.2 Å². The summed E-state index contributed by atoms with van der Waals surface area (Å²) in [5.41, 5.74) is 8.65. The minimum absolute atomic E-state index is 0.573. The molecule has 0 aromatic heterocycles. The van der Waals surface area contributed by atoms with Crippen molar-refractivity contribution < 1.29 is 0 Å². The first-order valence-corrected chi connectivity index (χ1v) is 11.0. The molecule has 1 aliphatic carbocycles. The van der Waals surface area contributed by atoms with Crippen LogP contribution in [-0.4, -0.2) is 0 Å². The number of aryl methyl sites for hydroxylation is 1. The number of hydrogen-bond donors (Lipinski definition) is 0. The van der Waals surface area contributed by atoms with Crippen LogP contribution in [0.5, 0.6) is 0 Å². The highest BCUT2D eigenvalue weighted by atomic mass is 15.1. The quantitative estimate of drug-likeness (QED) is 0.331. The Hall–Kier alpha value is -3.58. The average Bonchev–Trinajstić information content (AvgIpc) is 2.80. The van der Waals surface area contributed by atoms with E-state index in [4.69, 9.17) is 0 Å². The number of anilines is 3. The van der Waals surface area contributed by atoms with Crippen LogP contribution >= 0.6 is 0 Å². The van der Waals surface area contributed by atoms with E-state index < -0.39 is 0 Å². The molecule has 31 heavy (non-hydrogen) atoms. The van der Waals surface area contributed by atoms with Gasteiger partial charge in [0.05, 0.1) is 0 Å². The van der Waals surface area contributed by atoms with Gasteiger partial charge in [-0.25, -0.2) is 0 Å². The molecule has 0 bridgehead atoms. The molecule has 1 aliphatic rings. The van der Waals surface area contributed by atoms with E-state index in [2.05, 4.69) is 116 Å². The Bertz CT molecular complexity index is 1310. The average molecular weight is 402 g/mol. The molecule has 0 radical (unpaired) electrons. The summed E-state index contributed by atoms with van der Waals surface area (Å²) < 4.78 is 0. The third kappa shape index (κ3) is 3.68. The van der Waals surface area contributed by atoms with Crippen molar-refractivity contribution in [2.24, 2.45) is 5.92 Å². The van der Waals surface area contributed by atoms with E-state index >= 15 is 0 Å². The third-order valence-corrected chi connectivity index (χ3v) is 6.26. The maximum Gasteiger partial charge on any atom is 0.0468 e. The predicted molar refractivity (Wildman–Crippen MR) is 135 cm³/mol. The number of benzene rings is 4. The highest BCUT2D eigenvalue weighted by Crippen LogP contribution is 2.38. The van der Waals surface area contributed by atoms with Gasteiger partial charge in [-0.2, -0.15) is 0 Å². The van der Waals surface area contributed by atoms with Gasteiger partial charge in [0.2, 0.25) is 0 Å². The zero-order valence-electron chi connectivity index (χ0n) is 18.2. The molecule has 4 aromatic rings. The molecule has 4 aromatic carbocycles. The van der Waals surface area contributed by atoms with E-state index in [0.29, 0.717) is 5.92 Å². The molecule has 1 heteroatoms. The first kappa shape index (κ1) is 19.4. The number of fused-ring (bicyclic) bond motifs is 2. The van der Waals surface area contributed by atoms with Crippen LogP contribution < -0.4 is 4.90 Å². The van der Waals surface area contributed by atoms with Gasteiger partial charge in [0.1, 0.15) is 0 Å². The van der Waals surface area contributed by atoms with Crippen LogP contribution in [-0.2, 0) is 6.42 Å². The van der Waals surface area contributed by atoms with Gasteiger partial charge in [0.25, 0.3) is 0 Å². The highest BCUT2D eigenvalue weighted by Gasteiger charge is 2.17. The summed E-state index contributed by atoms with van der Waals surface area (Å²) in [5.74, 6) is 0.573. The van der Waals surface area contributed by atoms with Crippen LogP contribution in [0.15, 0.2) is 91.5 Å². The summed E-state index contributed by atoms with van der Waals surface area (Å²) in [6.07, 6.45) is 7.59. The molecular weight excluding hydrogens is 374 g/mol. The summed E-state index contributed by atoms with van der Waals surface area (Å²) in [6, 6.07) is 28.7. The SMILES string of the molecule is C=Cc1cc(N(c2ccc3c(c2)CC(C)C=C3)c2ccc3ccccc3c2)ccc1C. The Morgan fingerprint density at radius 2 is 1.55 bits per heavy atom. The van der Waals surface area contributed by atoms with Crippen molar-refractivity contribution in [3.8, 4) is 0 Å². The Morgan fingerprint density at radius 3 is 2.39 bits per heavy atom. The molecule has 0 saturated heterocycles. The second kappa shape index (κ2) is 7.92. The molecule has 0 aliphatic heterocycles. The largest absolute Gasteiger partial charge is 0.310 e.